The van der Waals surface area contributed by atoms with Gasteiger partial charge in [0.1, 0.15) is 3.92 Å². The number of esters is 1. The van der Waals surface area contributed by atoms with E-state index in [0.717, 1.165) is 10.9 Å². The minimum Gasteiger partial charge on any atom is -0.468 e. The maximum atomic E-state index is 12.2. The van der Waals surface area contributed by atoms with E-state index >= 15 is 0 Å². The Hall–Kier alpha value is -1.70. The molecule has 0 aliphatic rings. The molecule has 5 nitrogen and oxygen atoms in total. The Labute approximate surface area is 129 Å². The lowest BCUT2D eigenvalue weighted by atomic mass is 10.1. The van der Waals surface area contributed by atoms with Gasteiger partial charge >= 0.3 is 5.97 Å². The third-order valence-corrected chi connectivity index (χ3v) is 3.74. The molecule has 1 amide bonds. The number of carbonyl (C=O) groups is 2. The molecule has 0 fully saturated rings. The molecule has 20 heavy (non-hydrogen) atoms. The van der Waals surface area contributed by atoms with Crippen molar-refractivity contribution in [1.29, 1.82) is 0 Å². The van der Waals surface area contributed by atoms with E-state index < -0.39 is 3.92 Å². The van der Waals surface area contributed by atoms with Gasteiger partial charge in [0.25, 0.3) is 5.91 Å². The van der Waals surface area contributed by atoms with Crippen LogP contribution in [0.4, 0.5) is 0 Å². The molecule has 0 saturated carbocycles. The highest BCUT2D eigenvalue weighted by atomic mass is 127. The summed E-state index contributed by atoms with van der Waals surface area (Å²) in [6.45, 7) is 0.225. The van der Waals surface area contributed by atoms with Crippen LogP contribution in [0.1, 0.15) is 10.4 Å². The Morgan fingerprint density at radius 2 is 2.15 bits per heavy atom. The third-order valence-electron chi connectivity index (χ3n) is 2.79. The summed E-state index contributed by atoms with van der Waals surface area (Å²) in [4.78, 5) is 27.7. The normalized spacial score (nSPS) is 11.9. The fourth-order valence-corrected chi connectivity index (χ4v) is 2.26. The van der Waals surface area contributed by atoms with Crippen molar-refractivity contribution in [2.45, 2.75) is 3.92 Å². The first-order valence-electron chi connectivity index (χ1n) is 5.97. The van der Waals surface area contributed by atoms with Crippen LogP contribution in [0.15, 0.2) is 36.5 Å². The summed E-state index contributed by atoms with van der Waals surface area (Å²) in [5, 5.41) is 3.52. The van der Waals surface area contributed by atoms with Crippen molar-refractivity contribution in [2.75, 3.05) is 13.7 Å². The SMILES string of the molecule is COC(=O)C(I)CNC(=O)c1cccc2ncccc12. The molecule has 6 heteroatoms. The number of hydrogen-bond donors (Lipinski definition) is 1. The van der Waals surface area contributed by atoms with Gasteiger partial charge in [0, 0.05) is 23.7 Å². The Balaban J connectivity index is 2.14. The number of amides is 1. The molecule has 1 aromatic heterocycles. The molecule has 0 aliphatic carbocycles. The number of alkyl halides is 1. The zero-order chi connectivity index (χ0) is 14.5. The number of ether oxygens (including phenoxy) is 1. The second kappa shape index (κ2) is 6.65. The highest BCUT2D eigenvalue weighted by Crippen LogP contribution is 2.16. The molecule has 1 unspecified atom stereocenters. The van der Waals surface area contributed by atoms with Crippen LogP contribution in [-0.2, 0) is 9.53 Å². The molecule has 0 radical (unpaired) electrons. The van der Waals surface area contributed by atoms with Gasteiger partial charge in [-0.3, -0.25) is 14.6 Å². The van der Waals surface area contributed by atoms with Crippen molar-refractivity contribution in [1.82, 2.24) is 10.3 Å². The molecule has 0 spiro atoms. The standard InChI is InChI=1S/C14H13IN2O3/c1-20-14(19)11(15)8-17-13(18)10-4-2-6-12-9(10)5-3-7-16-12/h2-7,11H,8H2,1H3,(H,17,18). The molecule has 1 aromatic carbocycles. The lowest BCUT2D eigenvalue weighted by molar-refractivity contribution is -0.139. The van der Waals surface area contributed by atoms with Crippen molar-refractivity contribution in [3.05, 3.63) is 42.1 Å². The van der Waals surface area contributed by atoms with Crippen LogP contribution in [-0.4, -0.2) is 34.4 Å². The number of pyridine rings is 1. The maximum Gasteiger partial charge on any atom is 0.320 e. The Morgan fingerprint density at radius 1 is 1.35 bits per heavy atom. The number of rotatable bonds is 4. The molecular formula is C14H13IN2O3. The first kappa shape index (κ1) is 14.7. The quantitative estimate of drug-likeness (QED) is 0.497. The van der Waals surface area contributed by atoms with Crippen LogP contribution in [0.5, 0.6) is 0 Å². The van der Waals surface area contributed by atoms with Crippen LogP contribution in [0.25, 0.3) is 10.9 Å². The Kier molecular flexibility index (Phi) is 4.89. The second-order valence-electron chi connectivity index (χ2n) is 4.08. The van der Waals surface area contributed by atoms with Gasteiger partial charge in [-0.25, -0.2) is 0 Å². The molecule has 1 atom stereocenters. The monoisotopic (exact) mass is 384 g/mol. The second-order valence-corrected chi connectivity index (χ2v) is 5.58. The van der Waals surface area contributed by atoms with Gasteiger partial charge in [0.15, 0.2) is 0 Å². The minimum absolute atomic E-state index is 0.225. The minimum atomic E-state index is -0.408. The van der Waals surface area contributed by atoms with E-state index in [4.69, 9.17) is 0 Å². The first-order valence-corrected chi connectivity index (χ1v) is 7.22. The van der Waals surface area contributed by atoms with E-state index in [0.29, 0.717) is 5.56 Å². The summed E-state index contributed by atoms with van der Waals surface area (Å²) < 4.78 is 4.20. The van der Waals surface area contributed by atoms with E-state index in [1.54, 1.807) is 24.4 Å². The lowest BCUT2D eigenvalue weighted by Gasteiger charge is -2.10. The molecule has 0 saturated heterocycles. The molecule has 0 bridgehead atoms. The fourth-order valence-electron chi connectivity index (χ4n) is 1.79. The smallest absolute Gasteiger partial charge is 0.320 e. The van der Waals surface area contributed by atoms with Crippen LogP contribution in [0, 0.1) is 0 Å². The molecule has 0 aliphatic heterocycles. The van der Waals surface area contributed by atoms with Gasteiger partial charge in [0.2, 0.25) is 0 Å². The Bertz CT molecular complexity index is 640. The number of fused-ring (bicyclic) bond motifs is 1. The summed E-state index contributed by atoms with van der Waals surface area (Å²) in [7, 11) is 1.33. The van der Waals surface area contributed by atoms with Gasteiger partial charge in [0.05, 0.1) is 12.6 Å². The average molecular weight is 384 g/mol. The van der Waals surface area contributed by atoms with Gasteiger partial charge in [-0.15, -0.1) is 0 Å². The molecule has 1 N–H and O–H groups in total. The molecule has 2 rings (SSSR count). The van der Waals surface area contributed by atoms with Crippen LogP contribution < -0.4 is 5.32 Å². The van der Waals surface area contributed by atoms with Crippen LogP contribution in [0.3, 0.4) is 0 Å². The van der Waals surface area contributed by atoms with Crippen molar-refractivity contribution in [3.8, 4) is 0 Å². The Morgan fingerprint density at radius 3 is 2.90 bits per heavy atom. The average Bonchev–Trinajstić information content (AvgIpc) is 2.50. The number of aromatic nitrogens is 1. The van der Waals surface area contributed by atoms with Crippen molar-refractivity contribution < 1.29 is 14.3 Å². The summed E-state index contributed by atoms with van der Waals surface area (Å²) in [5.41, 5.74) is 1.31. The number of nitrogens with one attached hydrogen (secondary N) is 1. The van der Waals surface area contributed by atoms with Crippen molar-refractivity contribution in [2.24, 2.45) is 0 Å². The topological polar surface area (TPSA) is 68.3 Å². The van der Waals surface area contributed by atoms with E-state index in [9.17, 15) is 9.59 Å². The highest BCUT2D eigenvalue weighted by Gasteiger charge is 2.17. The van der Waals surface area contributed by atoms with Gasteiger partial charge in [-0.1, -0.05) is 34.7 Å². The number of halogens is 1. The van der Waals surface area contributed by atoms with Crippen molar-refractivity contribution >= 4 is 45.4 Å². The van der Waals surface area contributed by atoms with Crippen LogP contribution >= 0.6 is 22.6 Å². The number of nitrogens with zero attached hydrogens (tertiary/aromatic N) is 1. The highest BCUT2D eigenvalue weighted by molar-refractivity contribution is 14.1. The summed E-state index contributed by atoms with van der Waals surface area (Å²) >= 11 is 1.94. The predicted molar refractivity (Wildman–Crippen MR) is 83.9 cm³/mol. The van der Waals surface area contributed by atoms with Gasteiger partial charge in [-0.2, -0.15) is 0 Å². The molecule has 2 aromatic rings. The largest absolute Gasteiger partial charge is 0.468 e. The molecule has 104 valence electrons. The lowest BCUT2D eigenvalue weighted by Crippen LogP contribution is -2.33. The van der Waals surface area contributed by atoms with Gasteiger partial charge in [-0.05, 0) is 18.2 Å². The van der Waals surface area contributed by atoms with E-state index in [2.05, 4.69) is 15.0 Å². The summed E-state index contributed by atoms with van der Waals surface area (Å²) in [6.07, 6.45) is 1.68. The van der Waals surface area contributed by atoms with Crippen LogP contribution in [0.2, 0.25) is 0 Å². The van der Waals surface area contributed by atoms with E-state index in [1.165, 1.54) is 7.11 Å². The van der Waals surface area contributed by atoms with Crippen molar-refractivity contribution in [3.63, 3.8) is 0 Å². The number of methoxy groups -OCH3 is 1. The maximum absolute atomic E-state index is 12.2. The zero-order valence-corrected chi connectivity index (χ0v) is 13.0. The number of benzene rings is 1. The van der Waals surface area contributed by atoms with Gasteiger partial charge < -0.3 is 10.1 Å². The third kappa shape index (κ3) is 3.24. The molecule has 1 heterocycles. The number of carbonyl (C=O) groups excluding carboxylic acids is 2. The van der Waals surface area contributed by atoms with E-state index in [1.807, 2.05) is 34.7 Å². The number of hydrogen-bond acceptors (Lipinski definition) is 4. The first-order chi connectivity index (χ1) is 9.63. The zero-order valence-electron chi connectivity index (χ0n) is 10.8. The molecular weight excluding hydrogens is 371 g/mol. The fraction of sp³-hybridized carbons (Fsp3) is 0.214. The van der Waals surface area contributed by atoms with E-state index in [-0.39, 0.29) is 18.4 Å². The predicted octanol–water partition coefficient (Wildman–Crippen LogP) is 1.94. The summed E-state index contributed by atoms with van der Waals surface area (Å²) in [6, 6.07) is 9.00. The summed E-state index contributed by atoms with van der Waals surface area (Å²) in [5.74, 6) is -0.584.